The number of carbonyl (C=O) groups excluding carboxylic acids is 1. The van der Waals surface area contributed by atoms with Crippen molar-refractivity contribution < 1.29 is 4.79 Å². The molecule has 0 spiro atoms. The molecule has 1 saturated heterocycles. The van der Waals surface area contributed by atoms with E-state index in [1.807, 2.05) is 16.8 Å². The Hall–Kier alpha value is -0.810. The summed E-state index contributed by atoms with van der Waals surface area (Å²) < 4.78 is 2.97. The predicted molar refractivity (Wildman–Crippen MR) is 80.4 cm³/mol. The fourth-order valence-corrected chi connectivity index (χ4v) is 3.01. The number of aromatic nitrogens is 1. The molecule has 19 heavy (non-hydrogen) atoms. The maximum atomic E-state index is 12.2. The molecule has 106 valence electrons. The van der Waals surface area contributed by atoms with Crippen LogP contribution in [0.5, 0.6) is 0 Å². The lowest BCUT2D eigenvalue weighted by Crippen LogP contribution is -2.31. The van der Waals surface area contributed by atoms with E-state index in [9.17, 15) is 4.79 Å². The van der Waals surface area contributed by atoms with Gasteiger partial charge in [0.15, 0.2) is 0 Å². The molecular weight excluding hydrogens is 306 g/mol. The molecule has 2 N–H and O–H groups in total. The standard InChI is InChI=1S/C14H22BrN3O/c1-2-8-18-10-11(15)9-13(18)14(19)17-7-5-12-4-3-6-16-12/h9-10,12,16H,2-8H2,1H3,(H,17,19)/t12-/m1/s1. The summed E-state index contributed by atoms with van der Waals surface area (Å²) in [6.45, 7) is 4.84. The fraction of sp³-hybridized carbons (Fsp3) is 0.643. The smallest absolute Gasteiger partial charge is 0.267 e. The topological polar surface area (TPSA) is 46.1 Å². The van der Waals surface area contributed by atoms with Gasteiger partial charge in [-0.05, 0) is 54.2 Å². The second-order valence-corrected chi connectivity index (χ2v) is 5.99. The number of hydrogen-bond acceptors (Lipinski definition) is 2. The summed E-state index contributed by atoms with van der Waals surface area (Å²) in [5, 5.41) is 6.46. The highest BCUT2D eigenvalue weighted by Gasteiger charge is 2.15. The number of aryl methyl sites for hydroxylation is 1. The summed E-state index contributed by atoms with van der Waals surface area (Å²) in [5.74, 6) is 0.0251. The van der Waals surface area contributed by atoms with E-state index in [1.165, 1.54) is 12.8 Å². The van der Waals surface area contributed by atoms with Crippen LogP contribution in [0.1, 0.15) is 43.1 Å². The molecule has 2 heterocycles. The van der Waals surface area contributed by atoms with Gasteiger partial charge in [-0.3, -0.25) is 4.79 Å². The third-order valence-electron chi connectivity index (χ3n) is 3.50. The van der Waals surface area contributed by atoms with Gasteiger partial charge >= 0.3 is 0 Å². The zero-order valence-electron chi connectivity index (χ0n) is 11.4. The maximum Gasteiger partial charge on any atom is 0.267 e. The van der Waals surface area contributed by atoms with Gasteiger partial charge in [-0.25, -0.2) is 0 Å². The molecule has 0 saturated carbocycles. The minimum absolute atomic E-state index is 0.0251. The minimum Gasteiger partial charge on any atom is -0.351 e. The van der Waals surface area contributed by atoms with E-state index in [1.54, 1.807) is 0 Å². The molecule has 1 fully saturated rings. The van der Waals surface area contributed by atoms with Crippen LogP contribution in [0.4, 0.5) is 0 Å². The van der Waals surface area contributed by atoms with Crippen LogP contribution in [0.2, 0.25) is 0 Å². The van der Waals surface area contributed by atoms with Crippen molar-refractivity contribution in [1.82, 2.24) is 15.2 Å². The van der Waals surface area contributed by atoms with Crippen molar-refractivity contribution in [3.05, 3.63) is 22.4 Å². The van der Waals surface area contributed by atoms with E-state index in [0.717, 1.165) is 42.6 Å². The Labute approximate surface area is 123 Å². The van der Waals surface area contributed by atoms with Gasteiger partial charge in [-0.2, -0.15) is 0 Å². The molecule has 2 rings (SSSR count). The van der Waals surface area contributed by atoms with Crippen LogP contribution < -0.4 is 10.6 Å². The molecule has 0 aromatic carbocycles. The van der Waals surface area contributed by atoms with Crippen LogP contribution in [0.3, 0.4) is 0 Å². The van der Waals surface area contributed by atoms with Gasteiger partial charge in [0.2, 0.25) is 0 Å². The van der Waals surface area contributed by atoms with Crippen molar-refractivity contribution in [2.24, 2.45) is 0 Å². The summed E-state index contributed by atoms with van der Waals surface area (Å²) in [6.07, 6.45) is 6.49. The summed E-state index contributed by atoms with van der Waals surface area (Å²) in [5.41, 5.74) is 0.744. The Kier molecular flexibility index (Phi) is 5.45. The van der Waals surface area contributed by atoms with E-state index in [0.29, 0.717) is 6.04 Å². The number of nitrogens with one attached hydrogen (secondary N) is 2. The molecule has 0 radical (unpaired) electrons. The summed E-state index contributed by atoms with van der Waals surface area (Å²) in [6, 6.07) is 2.47. The van der Waals surface area contributed by atoms with E-state index in [-0.39, 0.29) is 5.91 Å². The van der Waals surface area contributed by atoms with Crippen molar-refractivity contribution in [1.29, 1.82) is 0 Å². The normalized spacial score (nSPS) is 18.7. The fourth-order valence-electron chi connectivity index (χ4n) is 2.54. The van der Waals surface area contributed by atoms with Crippen molar-refractivity contribution in [3.8, 4) is 0 Å². The number of carbonyl (C=O) groups is 1. The molecule has 1 aromatic heterocycles. The van der Waals surface area contributed by atoms with Crippen LogP contribution in [-0.2, 0) is 6.54 Å². The quantitative estimate of drug-likeness (QED) is 0.843. The van der Waals surface area contributed by atoms with Crippen molar-refractivity contribution in [2.75, 3.05) is 13.1 Å². The Balaban J connectivity index is 1.84. The molecule has 1 aliphatic rings. The van der Waals surface area contributed by atoms with Crippen LogP contribution >= 0.6 is 15.9 Å². The van der Waals surface area contributed by atoms with E-state index < -0.39 is 0 Å². The minimum atomic E-state index is 0.0251. The Bertz CT molecular complexity index is 424. The third kappa shape index (κ3) is 4.08. The lowest BCUT2D eigenvalue weighted by molar-refractivity contribution is 0.0943. The first-order valence-corrected chi connectivity index (χ1v) is 7.87. The summed E-state index contributed by atoms with van der Waals surface area (Å²) >= 11 is 3.43. The number of rotatable bonds is 6. The van der Waals surface area contributed by atoms with E-state index >= 15 is 0 Å². The molecule has 4 nitrogen and oxygen atoms in total. The average Bonchev–Trinajstić information content (AvgIpc) is 2.99. The third-order valence-corrected chi connectivity index (χ3v) is 3.93. The van der Waals surface area contributed by atoms with Crippen molar-refractivity contribution >= 4 is 21.8 Å². The summed E-state index contributed by atoms with van der Waals surface area (Å²) in [7, 11) is 0. The van der Waals surface area contributed by atoms with Gasteiger partial charge in [-0.1, -0.05) is 6.92 Å². The second kappa shape index (κ2) is 7.10. The highest BCUT2D eigenvalue weighted by molar-refractivity contribution is 9.10. The van der Waals surface area contributed by atoms with Crippen LogP contribution in [-0.4, -0.2) is 29.6 Å². The van der Waals surface area contributed by atoms with Crippen LogP contribution in [0, 0.1) is 0 Å². The molecular formula is C14H22BrN3O. The molecule has 5 heteroatoms. The van der Waals surface area contributed by atoms with Crippen molar-refractivity contribution in [3.63, 3.8) is 0 Å². The molecule has 1 aromatic rings. The average molecular weight is 328 g/mol. The van der Waals surface area contributed by atoms with E-state index in [4.69, 9.17) is 0 Å². The first kappa shape index (κ1) is 14.6. The van der Waals surface area contributed by atoms with Gasteiger partial charge in [-0.15, -0.1) is 0 Å². The first-order chi connectivity index (χ1) is 9.20. The van der Waals surface area contributed by atoms with Crippen LogP contribution in [0.25, 0.3) is 0 Å². The molecule has 1 atom stereocenters. The van der Waals surface area contributed by atoms with E-state index in [2.05, 4.69) is 33.5 Å². The molecule has 0 aliphatic carbocycles. The molecule has 0 bridgehead atoms. The molecule has 0 unspecified atom stereocenters. The largest absolute Gasteiger partial charge is 0.351 e. The lowest BCUT2D eigenvalue weighted by Gasteiger charge is -2.12. The number of hydrogen-bond donors (Lipinski definition) is 2. The first-order valence-electron chi connectivity index (χ1n) is 7.08. The SMILES string of the molecule is CCCn1cc(Br)cc1C(=O)NCC[C@H]1CCCN1. The molecule has 1 aliphatic heterocycles. The monoisotopic (exact) mass is 327 g/mol. The van der Waals surface area contributed by atoms with Crippen molar-refractivity contribution in [2.45, 2.75) is 45.2 Å². The van der Waals surface area contributed by atoms with Gasteiger partial charge in [0.25, 0.3) is 5.91 Å². The summed E-state index contributed by atoms with van der Waals surface area (Å²) in [4.78, 5) is 12.2. The number of nitrogens with zero attached hydrogens (tertiary/aromatic N) is 1. The zero-order chi connectivity index (χ0) is 13.7. The Morgan fingerprint density at radius 1 is 1.63 bits per heavy atom. The Morgan fingerprint density at radius 2 is 2.47 bits per heavy atom. The van der Waals surface area contributed by atoms with Crippen LogP contribution in [0.15, 0.2) is 16.7 Å². The predicted octanol–water partition coefficient (Wildman–Crippen LogP) is 2.53. The van der Waals surface area contributed by atoms with Gasteiger partial charge < -0.3 is 15.2 Å². The Morgan fingerprint density at radius 3 is 3.16 bits per heavy atom. The zero-order valence-corrected chi connectivity index (χ0v) is 13.0. The highest BCUT2D eigenvalue weighted by Crippen LogP contribution is 2.15. The lowest BCUT2D eigenvalue weighted by atomic mass is 10.1. The second-order valence-electron chi connectivity index (χ2n) is 5.07. The number of amides is 1. The van der Waals surface area contributed by atoms with Gasteiger partial charge in [0, 0.05) is 29.8 Å². The molecule has 1 amide bonds. The van der Waals surface area contributed by atoms with Gasteiger partial charge in [0.1, 0.15) is 5.69 Å². The van der Waals surface area contributed by atoms with Gasteiger partial charge in [0.05, 0.1) is 0 Å². The maximum absolute atomic E-state index is 12.2. The highest BCUT2D eigenvalue weighted by atomic mass is 79.9. The number of halogens is 1.